The third-order valence-corrected chi connectivity index (χ3v) is 6.97. The van der Waals surface area contributed by atoms with Crippen molar-refractivity contribution < 1.29 is 5.11 Å². The number of piperidine rings is 1. The fraction of sp³-hybridized carbons (Fsp3) is 0.385. The topological polar surface area (TPSA) is 70.0 Å². The molecule has 0 spiro atoms. The van der Waals surface area contributed by atoms with Crippen molar-refractivity contribution in [3.63, 3.8) is 0 Å². The lowest BCUT2D eigenvalue weighted by atomic mass is 9.89. The van der Waals surface area contributed by atoms with Crippen LogP contribution in [0.3, 0.4) is 0 Å². The van der Waals surface area contributed by atoms with Crippen LogP contribution < -0.4 is 0 Å². The Balaban J connectivity index is 1.15. The number of H-pyrrole nitrogens is 1. The highest BCUT2D eigenvalue weighted by Crippen LogP contribution is 2.30. The lowest BCUT2D eigenvalue weighted by Crippen LogP contribution is -2.38. The summed E-state index contributed by atoms with van der Waals surface area (Å²) >= 11 is 0. The van der Waals surface area contributed by atoms with E-state index >= 15 is 0 Å². The number of aromatic nitrogens is 4. The second-order valence-electron chi connectivity index (χ2n) is 8.89. The molecule has 1 unspecified atom stereocenters. The largest absolute Gasteiger partial charge is 0.394 e. The number of likely N-dealkylation sites (tertiary alicyclic amines) is 1. The van der Waals surface area contributed by atoms with Crippen LogP contribution in [0.15, 0.2) is 67.4 Å². The molecular weight excluding hydrogens is 398 g/mol. The maximum atomic E-state index is 9.96. The Hall–Kier alpha value is -2.96. The zero-order valence-corrected chi connectivity index (χ0v) is 18.4. The van der Waals surface area contributed by atoms with Crippen LogP contribution in [0.4, 0.5) is 0 Å². The molecule has 0 saturated carbocycles. The first-order valence-corrected chi connectivity index (χ1v) is 11.7. The molecule has 0 amide bonds. The molecule has 2 aromatic carbocycles. The summed E-state index contributed by atoms with van der Waals surface area (Å²) in [6, 6.07) is 17.0. The van der Waals surface area contributed by atoms with Crippen LogP contribution in [-0.2, 0) is 6.42 Å². The molecule has 32 heavy (non-hydrogen) atoms. The number of aryl methyl sites for hydroxylation is 1. The number of rotatable bonds is 8. The van der Waals surface area contributed by atoms with E-state index in [-0.39, 0.29) is 12.6 Å². The van der Waals surface area contributed by atoms with E-state index in [1.165, 1.54) is 47.7 Å². The summed E-state index contributed by atoms with van der Waals surface area (Å²) in [6.45, 7) is 2.33. The quantitative estimate of drug-likeness (QED) is 0.432. The fourth-order valence-electron chi connectivity index (χ4n) is 5.11. The Morgan fingerprint density at radius 1 is 1.03 bits per heavy atom. The van der Waals surface area contributed by atoms with Gasteiger partial charge >= 0.3 is 0 Å². The van der Waals surface area contributed by atoms with E-state index in [0.29, 0.717) is 0 Å². The summed E-state index contributed by atoms with van der Waals surface area (Å²) in [6.07, 6.45) is 11.6. The van der Waals surface area contributed by atoms with Gasteiger partial charge in [-0.3, -0.25) is 9.47 Å². The average molecular weight is 430 g/mol. The first-order chi connectivity index (χ1) is 15.8. The molecule has 0 aliphatic carbocycles. The molecule has 3 heterocycles. The number of benzene rings is 2. The van der Waals surface area contributed by atoms with Gasteiger partial charge < -0.3 is 10.1 Å². The molecule has 2 aromatic heterocycles. The predicted molar refractivity (Wildman–Crippen MR) is 127 cm³/mol. The molecular formula is C26H31N5O. The molecule has 166 valence electrons. The Morgan fingerprint density at radius 3 is 2.56 bits per heavy atom. The van der Waals surface area contributed by atoms with Crippen molar-refractivity contribution in [3.05, 3.63) is 78.5 Å². The van der Waals surface area contributed by atoms with Gasteiger partial charge in [0.2, 0.25) is 0 Å². The lowest BCUT2D eigenvalue weighted by Gasteiger charge is -2.37. The van der Waals surface area contributed by atoms with Gasteiger partial charge in [-0.05, 0) is 74.0 Å². The summed E-state index contributed by atoms with van der Waals surface area (Å²) in [7, 11) is 0. The van der Waals surface area contributed by atoms with E-state index in [1.807, 2.05) is 10.6 Å². The van der Waals surface area contributed by atoms with Crippen LogP contribution in [0.5, 0.6) is 0 Å². The summed E-state index contributed by atoms with van der Waals surface area (Å²) < 4.78 is 1.94. The summed E-state index contributed by atoms with van der Waals surface area (Å²) in [5.41, 5.74) is 4.88. The predicted octanol–water partition coefficient (Wildman–Crippen LogP) is 4.52. The maximum absolute atomic E-state index is 9.96. The normalized spacial score (nSPS) is 16.5. The third-order valence-electron chi connectivity index (χ3n) is 6.97. The van der Waals surface area contributed by atoms with Crippen molar-refractivity contribution >= 4 is 10.9 Å². The Bertz CT molecular complexity index is 1110. The van der Waals surface area contributed by atoms with Gasteiger partial charge in [-0.1, -0.05) is 36.8 Å². The minimum atomic E-state index is 0.128. The van der Waals surface area contributed by atoms with Crippen molar-refractivity contribution in [2.45, 2.75) is 38.1 Å². The van der Waals surface area contributed by atoms with Crippen LogP contribution in [0.25, 0.3) is 16.6 Å². The molecule has 0 bridgehead atoms. The summed E-state index contributed by atoms with van der Waals surface area (Å²) in [5.74, 6) is 0.777. The van der Waals surface area contributed by atoms with E-state index in [1.54, 1.807) is 12.7 Å². The van der Waals surface area contributed by atoms with Crippen molar-refractivity contribution in [1.82, 2.24) is 24.6 Å². The number of nitrogens with zero attached hydrogens (tertiary/aromatic N) is 4. The van der Waals surface area contributed by atoms with Crippen LogP contribution in [-0.4, -0.2) is 49.5 Å². The molecule has 2 N–H and O–H groups in total. The average Bonchev–Trinajstić information content (AvgIpc) is 3.52. The van der Waals surface area contributed by atoms with Gasteiger partial charge in [0.05, 0.1) is 12.6 Å². The second-order valence-corrected chi connectivity index (χ2v) is 8.89. The van der Waals surface area contributed by atoms with E-state index in [2.05, 4.69) is 68.7 Å². The van der Waals surface area contributed by atoms with Crippen molar-refractivity contribution in [1.29, 1.82) is 0 Å². The fourth-order valence-corrected chi connectivity index (χ4v) is 5.11. The van der Waals surface area contributed by atoms with Gasteiger partial charge in [0, 0.05) is 22.8 Å². The molecule has 1 aliphatic heterocycles. The highest BCUT2D eigenvalue weighted by atomic mass is 16.3. The Labute approximate surface area is 188 Å². The number of aliphatic hydroxyl groups is 1. The minimum absolute atomic E-state index is 0.128. The van der Waals surface area contributed by atoms with E-state index < -0.39 is 0 Å². The van der Waals surface area contributed by atoms with E-state index in [4.69, 9.17) is 0 Å². The first kappa shape index (κ1) is 20.9. The molecule has 1 saturated heterocycles. The first-order valence-electron chi connectivity index (χ1n) is 11.7. The Morgan fingerprint density at radius 2 is 1.81 bits per heavy atom. The van der Waals surface area contributed by atoms with E-state index in [0.717, 1.165) is 31.1 Å². The molecule has 1 aliphatic rings. The van der Waals surface area contributed by atoms with Crippen molar-refractivity contribution in [3.8, 4) is 5.69 Å². The zero-order valence-electron chi connectivity index (χ0n) is 18.4. The number of nitrogens with one attached hydrogen (secondary N) is 1. The number of hydrogen-bond donors (Lipinski definition) is 2. The van der Waals surface area contributed by atoms with Gasteiger partial charge in [0.15, 0.2) is 0 Å². The third kappa shape index (κ3) is 4.47. The highest BCUT2D eigenvalue weighted by Gasteiger charge is 2.25. The highest BCUT2D eigenvalue weighted by molar-refractivity contribution is 5.85. The van der Waals surface area contributed by atoms with Gasteiger partial charge in [0.25, 0.3) is 0 Å². The number of fused-ring (bicyclic) bond motifs is 1. The molecule has 5 rings (SSSR count). The summed E-state index contributed by atoms with van der Waals surface area (Å²) in [5, 5.41) is 19.1. The van der Waals surface area contributed by atoms with Crippen LogP contribution in [0.2, 0.25) is 0 Å². The lowest BCUT2D eigenvalue weighted by molar-refractivity contribution is 0.0842. The summed E-state index contributed by atoms with van der Waals surface area (Å²) in [4.78, 5) is 5.87. The Kier molecular flexibility index (Phi) is 6.32. The number of hydrogen-bond acceptors (Lipinski definition) is 4. The monoisotopic (exact) mass is 429 g/mol. The maximum Gasteiger partial charge on any atom is 0.123 e. The van der Waals surface area contributed by atoms with Crippen LogP contribution in [0, 0.1) is 5.92 Å². The molecule has 1 fully saturated rings. The SMILES string of the molecule is OCC(c1ccccc1)N1CCC(CCCc2c[nH]c3ccc(-n4cnnc4)cc23)CC1. The molecule has 4 aromatic rings. The van der Waals surface area contributed by atoms with E-state index in [9.17, 15) is 5.11 Å². The molecule has 6 heteroatoms. The van der Waals surface area contributed by atoms with Crippen molar-refractivity contribution in [2.75, 3.05) is 19.7 Å². The van der Waals surface area contributed by atoms with Crippen molar-refractivity contribution in [2.24, 2.45) is 5.92 Å². The smallest absolute Gasteiger partial charge is 0.123 e. The minimum Gasteiger partial charge on any atom is -0.394 e. The van der Waals surface area contributed by atoms with Gasteiger partial charge in [0.1, 0.15) is 12.7 Å². The molecule has 0 radical (unpaired) electrons. The molecule has 6 nitrogen and oxygen atoms in total. The number of aliphatic hydroxyl groups excluding tert-OH is 1. The van der Waals surface area contributed by atoms with Gasteiger partial charge in [-0.2, -0.15) is 0 Å². The van der Waals surface area contributed by atoms with Gasteiger partial charge in [-0.15, -0.1) is 10.2 Å². The van der Waals surface area contributed by atoms with Crippen LogP contribution >= 0.6 is 0 Å². The zero-order chi connectivity index (χ0) is 21.8. The van der Waals surface area contributed by atoms with Gasteiger partial charge in [-0.25, -0.2) is 0 Å². The van der Waals surface area contributed by atoms with Crippen LogP contribution in [0.1, 0.15) is 42.9 Å². The molecule has 1 atom stereocenters. The second kappa shape index (κ2) is 9.67. The number of aromatic amines is 1. The standard InChI is InChI=1S/C26H31N5O/c32-17-26(21-6-2-1-3-7-21)30-13-11-20(12-14-30)5-4-8-22-16-27-25-10-9-23(15-24(22)25)31-18-28-29-19-31/h1-3,6-7,9-10,15-16,18-20,26-27,32H,4-5,8,11-14,17H2.